The standard InChI is InChI=1S/C17H18BrN3/c1-3-19-17(15-10-20-21(2)11-15)14-5-4-13-9-16(18)7-6-12(13)8-14/h4-11,17,19H,3H2,1-2H3. The van der Waals surface area contributed by atoms with E-state index in [4.69, 9.17) is 0 Å². The molecule has 0 spiro atoms. The first-order valence-electron chi connectivity index (χ1n) is 7.08. The third-order valence-electron chi connectivity index (χ3n) is 3.63. The Hall–Kier alpha value is -1.65. The number of halogens is 1. The highest BCUT2D eigenvalue weighted by Gasteiger charge is 2.15. The topological polar surface area (TPSA) is 29.9 Å². The quantitative estimate of drug-likeness (QED) is 0.774. The second-order valence-electron chi connectivity index (χ2n) is 5.19. The Balaban J connectivity index is 2.04. The van der Waals surface area contributed by atoms with Crippen LogP contribution in [0.15, 0.2) is 53.3 Å². The van der Waals surface area contributed by atoms with E-state index in [0.717, 1.165) is 11.0 Å². The van der Waals surface area contributed by atoms with Crippen LogP contribution in [0.4, 0.5) is 0 Å². The minimum atomic E-state index is 0.178. The van der Waals surface area contributed by atoms with Gasteiger partial charge in [0, 0.05) is 23.3 Å². The van der Waals surface area contributed by atoms with E-state index in [1.54, 1.807) is 0 Å². The molecule has 0 aliphatic heterocycles. The Labute approximate surface area is 133 Å². The average molecular weight is 344 g/mol. The van der Waals surface area contributed by atoms with E-state index >= 15 is 0 Å². The number of aryl methyl sites for hydroxylation is 1. The molecule has 3 rings (SSSR count). The number of rotatable bonds is 4. The molecular formula is C17H18BrN3. The fraction of sp³-hybridized carbons (Fsp3) is 0.235. The molecule has 3 nitrogen and oxygen atoms in total. The van der Waals surface area contributed by atoms with Gasteiger partial charge in [-0.05, 0) is 41.1 Å². The van der Waals surface area contributed by atoms with Gasteiger partial charge in [-0.1, -0.05) is 41.1 Å². The summed E-state index contributed by atoms with van der Waals surface area (Å²) in [4.78, 5) is 0. The van der Waals surface area contributed by atoms with Crippen LogP contribution >= 0.6 is 15.9 Å². The Bertz CT molecular complexity index is 764. The van der Waals surface area contributed by atoms with Crippen molar-refractivity contribution in [3.63, 3.8) is 0 Å². The lowest BCUT2D eigenvalue weighted by atomic mass is 9.98. The van der Waals surface area contributed by atoms with Crippen molar-refractivity contribution in [1.29, 1.82) is 0 Å². The van der Waals surface area contributed by atoms with Crippen LogP contribution in [0.1, 0.15) is 24.1 Å². The Morgan fingerprint density at radius 3 is 2.62 bits per heavy atom. The smallest absolute Gasteiger partial charge is 0.0608 e. The molecule has 21 heavy (non-hydrogen) atoms. The Kier molecular flexibility index (Phi) is 4.08. The molecule has 0 fully saturated rings. The van der Waals surface area contributed by atoms with Crippen molar-refractivity contribution in [2.75, 3.05) is 6.54 Å². The fourth-order valence-corrected chi connectivity index (χ4v) is 3.01. The zero-order valence-electron chi connectivity index (χ0n) is 12.2. The van der Waals surface area contributed by atoms with E-state index in [1.807, 2.05) is 17.9 Å². The Morgan fingerprint density at radius 1 is 1.14 bits per heavy atom. The molecule has 1 N–H and O–H groups in total. The molecule has 1 aromatic heterocycles. The second kappa shape index (κ2) is 6.00. The molecule has 0 aliphatic carbocycles. The lowest BCUT2D eigenvalue weighted by Gasteiger charge is -2.17. The molecule has 2 aromatic carbocycles. The van der Waals surface area contributed by atoms with Gasteiger partial charge < -0.3 is 5.32 Å². The summed E-state index contributed by atoms with van der Waals surface area (Å²) in [6, 6.07) is 13.2. The number of hydrogen-bond acceptors (Lipinski definition) is 2. The van der Waals surface area contributed by atoms with Crippen LogP contribution in [0.25, 0.3) is 10.8 Å². The number of nitrogens with one attached hydrogen (secondary N) is 1. The molecule has 1 atom stereocenters. The minimum Gasteiger partial charge on any atom is -0.306 e. The molecule has 0 amide bonds. The van der Waals surface area contributed by atoms with Gasteiger partial charge in [-0.3, -0.25) is 4.68 Å². The van der Waals surface area contributed by atoms with Gasteiger partial charge in [-0.2, -0.15) is 5.10 Å². The minimum absolute atomic E-state index is 0.178. The van der Waals surface area contributed by atoms with E-state index in [0.29, 0.717) is 0 Å². The van der Waals surface area contributed by atoms with Crippen molar-refractivity contribution < 1.29 is 0 Å². The van der Waals surface area contributed by atoms with Crippen LogP contribution in [-0.2, 0) is 7.05 Å². The summed E-state index contributed by atoms with van der Waals surface area (Å²) in [5.74, 6) is 0. The van der Waals surface area contributed by atoms with Gasteiger partial charge in [0.25, 0.3) is 0 Å². The summed E-state index contributed by atoms with van der Waals surface area (Å²) < 4.78 is 2.95. The van der Waals surface area contributed by atoms with Crippen LogP contribution in [0.5, 0.6) is 0 Å². The van der Waals surface area contributed by atoms with Gasteiger partial charge in [0.2, 0.25) is 0 Å². The maximum Gasteiger partial charge on any atom is 0.0608 e. The summed E-state index contributed by atoms with van der Waals surface area (Å²) in [5.41, 5.74) is 2.45. The maximum absolute atomic E-state index is 4.29. The van der Waals surface area contributed by atoms with Crippen molar-refractivity contribution in [3.05, 3.63) is 64.4 Å². The van der Waals surface area contributed by atoms with Crippen LogP contribution < -0.4 is 5.32 Å². The first kappa shape index (κ1) is 14.3. The van der Waals surface area contributed by atoms with Gasteiger partial charge in [-0.15, -0.1) is 0 Å². The van der Waals surface area contributed by atoms with E-state index in [9.17, 15) is 0 Å². The zero-order valence-corrected chi connectivity index (χ0v) is 13.8. The van der Waals surface area contributed by atoms with Crippen molar-refractivity contribution in [3.8, 4) is 0 Å². The molecule has 1 heterocycles. The molecule has 108 valence electrons. The van der Waals surface area contributed by atoms with Crippen LogP contribution in [0.2, 0.25) is 0 Å². The Morgan fingerprint density at radius 2 is 1.90 bits per heavy atom. The summed E-state index contributed by atoms with van der Waals surface area (Å²) in [5, 5.41) is 10.3. The van der Waals surface area contributed by atoms with Crippen molar-refractivity contribution in [1.82, 2.24) is 15.1 Å². The largest absolute Gasteiger partial charge is 0.306 e. The highest BCUT2D eigenvalue weighted by Crippen LogP contribution is 2.27. The summed E-state index contributed by atoms with van der Waals surface area (Å²) in [7, 11) is 1.95. The van der Waals surface area contributed by atoms with Gasteiger partial charge in [-0.25, -0.2) is 0 Å². The van der Waals surface area contributed by atoms with E-state index < -0.39 is 0 Å². The summed E-state index contributed by atoms with van der Waals surface area (Å²) in [6.45, 7) is 3.04. The van der Waals surface area contributed by atoms with Crippen molar-refractivity contribution in [2.45, 2.75) is 13.0 Å². The van der Waals surface area contributed by atoms with Gasteiger partial charge in [0.15, 0.2) is 0 Å². The lowest BCUT2D eigenvalue weighted by molar-refractivity contribution is 0.630. The highest BCUT2D eigenvalue weighted by molar-refractivity contribution is 9.10. The lowest BCUT2D eigenvalue weighted by Crippen LogP contribution is -2.21. The number of fused-ring (bicyclic) bond motifs is 1. The first-order valence-corrected chi connectivity index (χ1v) is 7.88. The van der Waals surface area contributed by atoms with E-state index in [-0.39, 0.29) is 6.04 Å². The molecule has 0 saturated heterocycles. The third-order valence-corrected chi connectivity index (χ3v) is 4.12. The number of hydrogen-bond donors (Lipinski definition) is 1. The normalized spacial score (nSPS) is 12.7. The molecule has 1 unspecified atom stereocenters. The van der Waals surface area contributed by atoms with Crippen LogP contribution in [0.3, 0.4) is 0 Å². The average Bonchev–Trinajstić information content (AvgIpc) is 2.90. The van der Waals surface area contributed by atoms with E-state index in [2.05, 4.69) is 75.9 Å². The first-order chi connectivity index (χ1) is 10.2. The summed E-state index contributed by atoms with van der Waals surface area (Å²) in [6.07, 6.45) is 4.00. The molecule has 4 heteroatoms. The zero-order chi connectivity index (χ0) is 14.8. The molecule has 0 bridgehead atoms. The van der Waals surface area contributed by atoms with Crippen molar-refractivity contribution in [2.24, 2.45) is 7.05 Å². The van der Waals surface area contributed by atoms with E-state index in [1.165, 1.54) is 21.9 Å². The molecule has 0 aliphatic rings. The SMILES string of the molecule is CCNC(c1ccc2cc(Br)ccc2c1)c1cnn(C)c1. The van der Waals surface area contributed by atoms with Gasteiger partial charge in [0.1, 0.15) is 0 Å². The number of aromatic nitrogens is 2. The second-order valence-corrected chi connectivity index (χ2v) is 6.10. The number of benzene rings is 2. The van der Waals surface area contributed by atoms with Crippen LogP contribution in [0, 0.1) is 0 Å². The fourth-order valence-electron chi connectivity index (χ4n) is 2.64. The predicted molar refractivity (Wildman–Crippen MR) is 90.4 cm³/mol. The van der Waals surface area contributed by atoms with Crippen LogP contribution in [-0.4, -0.2) is 16.3 Å². The molecular weight excluding hydrogens is 326 g/mol. The molecule has 0 saturated carbocycles. The molecule has 0 radical (unpaired) electrons. The monoisotopic (exact) mass is 343 g/mol. The third kappa shape index (κ3) is 3.01. The number of nitrogens with zero attached hydrogens (tertiary/aromatic N) is 2. The highest BCUT2D eigenvalue weighted by atomic mass is 79.9. The predicted octanol–water partition coefficient (Wildman–Crippen LogP) is 4.03. The van der Waals surface area contributed by atoms with Gasteiger partial charge in [0.05, 0.1) is 12.2 Å². The summed E-state index contributed by atoms with van der Waals surface area (Å²) >= 11 is 3.52. The molecule has 3 aromatic rings. The van der Waals surface area contributed by atoms with Gasteiger partial charge >= 0.3 is 0 Å². The van der Waals surface area contributed by atoms with Crippen molar-refractivity contribution >= 4 is 26.7 Å². The maximum atomic E-state index is 4.29.